The van der Waals surface area contributed by atoms with E-state index in [0.29, 0.717) is 31.2 Å². The van der Waals surface area contributed by atoms with Crippen LogP contribution in [0.4, 0.5) is 4.39 Å². The number of hydrogen-bond donors (Lipinski definition) is 4. The summed E-state index contributed by atoms with van der Waals surface area (Å²) in [6.45, 7) is 5.72. The molecule has 1 fully saturated rings. The van der Waals surface area contributed by atoms with E-state index in [4.69, 9.17) is 10.5 Å². The standard InChI is InChI=1S/C35H41FN4O5S/c1-21(2)33(37)35(42)45-20-23-4-6-25(7-5-23)31-18-27-12-17-30(19-32(27)39-31)46(43,44)40-29-15-10-26(11-16-29)34(41)38-22(3)24-8-13-28(36)14-9-24/h4-9,12-14,17-19,21-22,26,29,33,39-40H,10-11,15-16,20,37H2,1-3H3,(H,38,41)/t22-,26?,29?,33+/m1/s1. The van der Waals surface area contributed by atoms with Gasteiger partial charge < -0.3 is 20.8 Å². The monoisotopic (exact) mass is 648 g/mol. The molecule has 2 atom stereocenters. The van der Waals surface area contributed by atoms with Crippen molar-refractivity contribution in [2.45, 2.75) is 76.1 Å². The molecule has 0 unspecified atom stereocenters. The van der Waals surface area contributed by atoms with E-state index in [2.05, 4.69) is 15.0 Å². The van der Waals surface area contributed by atoms with E-state index < -0.39 is 22.0 Å². The van der Waals surface area contributed by atoms with E-state index in [-0.39, 0.29) is 47.1 Å². The Kier molecular flexibility index (Phi) is 10.2. The highest BCUT2D eigenvalue weighted by Gasteiger charge is 2.30. The first-order valence-corrected chi connectivity index (χ1v) is 17.1. The fourth-order valence-electron chi connectivity index (χ4n) is 5.66. The largest absolute Gasteiger partial charge is 0.460 e. The van der Waals surface area contributed by atoms with Crippen molar-refractivity contribution in [1.82, 2.24) is 15.0 Å². The molecule has 1 saturated carbocycles. The molecule has 4 aromatic rings. The normalized spacial score (nSPS) is 18.3. The van der Waals surface area contributed by atoms with Crippen molar-refractivity contribution in [3.8, 4) is 11.3 Å². The SMILES string of the molecule is CC(C)[C@H](N)C(=O)OCc1ccc(-c2cc3ccc(S(=O)(=O)NC4CCC(C(=O)N[C@H](C)c5ccc(F)cc5)CC4)cc3[nH]2)cc1. The summed E-state index contributed by atoms with van der Waals surface area (Å²) in [4.78, 5) is 28.4. The Bertz CT molecular complexity index is 1780. The zero-order chi connectivity index (χ0) is 33.0. The summed E-state index contributed by atoms with van der Waals surface area (Å²) in [5, 5.41) is 3.87. The van der Waals surface area contributed by atoms with Crippen LogP contribution in [0, 0.1) is 17.7 Å². The van der Waals surface area contributed by atoms with Gasteiger partial charge in [-0.3, -0.25) is 9.59 Å². The van der Waals surface area contributed by atoms with E-state index in [1.54, 1.807) is 30.3 Å². The van der Waals surface area contributed by atoms with Crippen LogP contribution in [0.15, 0.2) is 77.7 Å². The number of amides is 1. The Hall–Kier alpha value is -4.06. The summed E-state index contributed by atoms with van der Waals surface area (Å²) in [5.41, 5.74) is 9.92. The van der Waals surface area contributed by atoms with Gasteiger partial charge in [-0.2, -0.15) is 0 Å². The van der Waals surface area contributed by atoms with Crippen LogP contribution < -0.4 is 15.8 Å². The number of aromatic amines is 1. The highest BCUT2D eigenvalue weighted by atomic mass is 32.2. The third-order valence-corrected chi connectivity index (χ3v) is 10.2. The lowest BCUT2D eigenvalue weighted by Gasteiger charge is -2.29. The number of nitrogens with one attached hydrogen (secondary N) is 3. The van der Waals surface area contributed by atoms with Crippen molar-refractivity contribution >= 4 is 32.8 Å². The minimum absolute atomic E-state index is 0.00571. The average Bonchev–Trinajstić information content (AvgIpc) is 3.47. The zero-order valence-electron chi connectivity index (χ0n) is 26.3. The van der Waals surface area contributed by atoms with E-state index in [1.165, 1.54) is 12.1 Å². The van der Waals surface area contributed by atoms with Gasteiger partial charge in [0.1, 0.15) is 18.5 Å². The maximum atomic E-state index is 13.3. The molecule has 0 saturated heterocycles. The van der Waals surface area contributed by atoms with Crippen molar-refractivity contribution in [2.24, 2.45) is 17.6 Å². The zero-order valence-corrected chi connectivity index (χ0v) is 27.1. The molecule has 0 bridgehead atoms. The number of esters is 1. The van der Waals surface area contributed by atoms with Gasteiger partial charge in [0.15, 0.2) is 0 Å². The number of rotatable bonds is 11. The lowest BCUT2D eigenvalue weighted by Crippen LogP contribution is -2.41. The van der Waals surface area contributed by atoms with E-state index in [1.807, 2.05) is 51.1 Å². The molecule has 0 radical (unpaired) electrons. The number of ether oxygens (including phenoxy) is 1. The third kappa shape index (κ3) is 8.01. The summed E-state index contributed by atoms with van der Waals surface area (Å²) >= 11 is 0. The molecule has 1 aliphatic rings. The quantitative estimate of drug-likeness (QED) is 0.153. The minimum atomic E-state index is -3.79. The van der Waals surface area contributed by atoms with Crippen LogP contribution in [0.5, 0.6) is 0 Å². The number of nitrogens with two attached hydrogens (primary N) is 1. The molecule has 9 nitrogen and oxygen atoms in total. The smallest absolute Gasteiger partial charge is 0.323 e. The molecule has 5 N–H and O–H groups in total. The molecular weight excluding hydrogens is 607 g/mol. The Morgan fingerprint density at radius 2 is 1.63 bits per heavy atom. The number of H-pyrrole nitrogens is 1. The van der Waals surface area contributed by atoms with Crippen molar-refractivity contribution in [3.05, 3.63) is 89.7 Å². The van der Waals surface area contributed by atoms with Crippen LogP contribution in [0.2, 0.25) is 0 Å². The molecule has 5 rings (SSSR count). The maximum absolute atomic E-state index is 13.3. The van der Waals surface area contributed by atoms with E-state index in [9.17, 15) is 22.4 Å². The van der Waals surface area contributed by atoms with Crippen LogP contribution in [0.3, 0.4) is 0 Å². The molecule has 0 spiro atoms. The van der Waals surface area contributed by atoms with Crippen molar-refractivity contribution in [3.63, 3.8) is 0 Å². The molecule has 1 aromatic heterocycles. The van der Waals surface area contributed by atoms with E-state index >= 15 is 0 Å². The number of sulfonamides is 1. The second-order valence-electron chi connectivity index (χ2n) is 12.5. The summed E-state index contributed by atoms with van der Waals surface area (Å²) in [7, 11) is -3.79. The van der Waals surface area contributed by atoms with Gasteiger partial charge in [0.05, 0.1) is 10.9 Å². The van der Waals surface area contributed by atoms with Gasteiger partial charge in [-0.1, -0.05) is 56.3 Å². The molecule has 11 heteroatoms. The second kappa shape index (κ2) is 14.1. The summed E-state index contributed by atoms with van der Waals surface area (Å²) in [6.07, 6.45) is 2.25. The molecule has 46 heavy (non-hydrogen) atoms. The number of aromatic nitrogens is 1. The predicted octanol–water partition coefficient (Wildman–Crippen LogP) is 5.72. The fourth-order valence-corrected chi connectivity index (χ4v) is 6.99. The van der Waals surface area contributed by atoms with Gasteiger partial charge in [-0.05, 0) is 85.5 Å². The first-order chi connectivity index (χ1) is 21.9. The summed E-state index contributed by atoms with van der Waals surface area (Å²) in [5.74, 6) is -1.04. The fraction of sp³-hybridized carbons (Fsp3) is 0.371. The second-order valence-corrected chi connectivity index (χ2v) is 14.2. The van der Waals surface area contributed by atoms with Crippen molar-refractivity contribution < 1.29 is 27.1 Å². The maximum Gasteiger partial charge on any atom is 0.323 e. The summed E-state index contributed by atoms with van der Waals surface area (Å²) in [6, 6.07) is 19.4. The first kappa shape index (κ1) is 33.3. The predicted molar refractivity (Wildman–Crippen MR) is 175 cm³/mol. The Morgan fingerprint density at radius 3 is 2.28 bits per heavy atom. The van der Waals surface area contributed by atoms with Gasteiger partial charge in [0.25, 0.3) is 0 Å². The van der Waals surface area contributed by atoms with Crippen molar-refractivity contribution in [2.75, 3.05) is 0 Å². The molecule has 1 aliphatic carbocycles. The van der Waals surface area contributed by atoms with Crippen LogP contribution in [0.25, 0.3) is 22.2 Å². The lowest BCUT2D eigenvalue weighted by molar-refractivity contribution is -0.147. The lowest BCUT2D eigenvalue weighted by atomic mass is 9.85. The molecule has 244 valence electrons. The molecule has 1 heterocycles. The topological polar surface area (TPSA) is 143 Å². The molecule has 1 amide bonds. The average molecular weight is 649 g/mol. The number of halogens is 1. The summed E-state index contributed by atoms with van der Waals surface area (Å²) < 4.78 is 48.0. The number of fused-ring (bicyclic) bond motifs is 1. The number of carbonyl (C=O) groups excluding carboxylic acids is 2. The highest BCUT2D eigenvalue weighted by molar-refractivity contribution is 7.89. The van der Waals surface area contributed by atoms with Gasteiger partial charge in [-0.15, -0.1) is 0 Å². The Labute approximate surface area is 269 Å². The van der Waals surface area contributed by atoms with Crippen LogP contribution in [-0.2, 0) is 31.0 Å². The molecular formula is C35H41FN4O5S. The third-order valence-electron chi connectivity index (χ3n) is 8.69. The number of benzene rings is 3. The van der Waals surface area contributed by atoms with Gasteiger partial charge in [-0.25, -0.2) is 17.5 Å². The molecule has 0 aliphatic heterocycles. The Morgan fingerprint density at radius 1 is 0.957 bits per heavy atom. The van der Waals surface area contributed by atoms with Gasteiger partial charge in [0.2, 0.25) is 15.9 Å². The minimum Gasteiger partial charge on any atom is -0.460 e. The number of carbonyl (C=O) groups is 2. The van der Waals surface area contributed by atoms with Crippen LogP contribution in [-0.4, -0.2) is 37.4 Å². The van der Waals surface area contributed by atoms with Crippen LogP contribution >= 0.6 is 0 Å². The van der Waals surface area contributed by atoms with Gasteiger partial charge in [0, 0.05) is 28.6 Å². The highest BCUT2D eigenvalue weighted by Crippen LogP contribution is 2.29. The first-order valence-electron chi connectivity index (χ1n) is 15.6. The van der Waals surface area contributed by atoms with Crippen molar-refractivity contribution in [1.29, 1.82) is 0 Å². The molecule has 3 aromatic carbocycles. The number of hydrogen-bond acceptors (Lipinski definition) is 6. The van der Waals surface area contributed by atoms with E-state index in [0.717, 1.165) is 27.8 Å². The Balaban J connectivity index is 1.16. The van der Waals surface area contributed by atoms with Gasteiger partial charge >= 0.3 is 5.97 Å². The van der Waals surface area contributed by atoms with Crippen LogP contribution in [0.1, 0.15) is 63.6 Å².